The molecule has 0 saturated carbocycles. The quantitative estimate of drug-likeness (QED) is 0.891. The molecule has 2 atom stereocenters. The molecule has 2 aliphatic rings. The van der Waals surface area contributed by atoms with E-state index in [4.69, 9.17) is 0 Å². The molecular weight excluding hydrogens is 264 g/mol. The summed E-state index contributed by atoms with van der Waals surface area (Å²) < 4.78 is 0. The molecule has 0 spiro atoms. The van der Waals surface area contributed by atoms with Gasteiger partial charge in [0.15, 0.2) is 0 Å². The Bertz CT molecular complexity index is 505. The SMILES string of the molecule is CNc1ccncc1C(=O)NC1CC2CCCC(C1)N2C. The smallest absolute Gasteiger partial charge is 0.255 e. The number of pyridine rings is 1. The first kappa shape index (κ1) is 14.3. The van der Waals surface area contributed by atoms with Gasteiger partial charge in [-0.15, -0.1) is 0 Å². The van der Waals surface area contributed by atoms with Crippen LogP contribution in [-0.2, 0) is 0 Å². The molecule has 0 radical (unpaired) electrons. The van der Waals surface area contributed by atoms with Crippen LogP contribution in [-0.4, -0.2) is 48.0 Å². The summed E-state index contributed by atoms with van der Waals surface area (Å²) in [7, 11) is 4.05. The van der Waals surface area contributed by atoms with Crippen molar-refractivity contribution in [1.29, 1.82) is 0 Å². The molecule has 3 heterocycles. The number of rotatable bonds is 3. The average molecular weight is 288 g/mol. The van der Waals surface area contributed by atoms with Gasteiger partial charge in [0.2, 0.25) is 0 Å². The van der Waals surface area contributed by atoms with Crippen molar-refractivity contribution in [3.05, 3.63) is 24.0 Å². The first-order chi connectivity index (χ1) is 10.2. The minimum Gasteiger partial charge on any atom is -0.387 e. The summed E-state index contributed by atoms with van der Waals surface area (Å²) >= 11 is 0. The van der Waals surface area contributed by atoms with E-state index in [1.54, 1.807) is 12.4 Å². The van der Waals surface area contributed by atoms with Gasteiger partial charge in [0.05, 0.1) is 5.56 Å². The molecule has 2 aliphatic heterocycles. The van der Waals surface area contributed by atoms with E-state index >= 15 is 0 Å². The van der Waals surface area contributed by atoms with Gasteiger partial charge >= 0.3 is 0 Å². The zero-order valence-corrected chi connectivity index (χ0v) is 12.8. The van der Waals surface area contributed by atoms with Crippen molar-refractivity contribution in [3.8, 4) is 0 Å². The molecule has 2 fully saturated rings. The molecule has 5 nitrogen and oxygen atoms in total. The molecular formula is C16H24N4O. The van der Waals surface area contributed by atoms with Crippen molar-refractivity contribution in [1.82, 2.24) is 15.2 Å². The van der Waals surface area contributed by atoms with E-state index in [2.05, 4.69) is 27.6 Å². The molecule has 2 N–H and O–H groups in total. The number of piperidine rings is 2. The Hall–Kier alpha value is -1.62. The first-order valence-electron chi connectivity index (χ1n) is 7.83. The van der Waals surface area contributed by atoms with Crippen LogP contribution >= 0.6 is 0 Å². The van der Waals surface area contributed by atoms with E-state index in [1.165, 1.54) is 19.3 Å². The summed E-state index contributed by atoms with van der Waals surface area (Å²) in [5.41, 5.74) is 1.46. The van der Waals surface area contributed by atoms with Crippen molar-refractivity contribution >= 4 is 11.6 Å². The lowest BCUT2D eigenvalue weighted by Gasteiger charge is -2.47. The standard InChI is InChI=1S/C16H24N4O/c1-17-15-6-7-18-10-14(15)16(21)19-11-8-12-4-3-5-13(9-11)20(12)2/h6-7,10-13H,3-5,8-9H2,1-2H3,(H,17,18)(H,19,21). The Labute approximate surface area is 126 Å². The van der Waals surface area contributed by atoms with Crippen molar-refractivity contribution in [2.75, 3.05) is 19.4 Å². The third-order valence-corrected chi connectivity index (χ3v) is 5.01. The van der Waals surface area contributed by atoms with Gasteiger partial charge in [-0.2, -0.15) is 0 Å². The van der Waals surface area contributed by atoms with Gasteiger partial charge in [-0.05, 0) is 38.8 Å². The molecule has 114 valence electrons. The van der Waals surface area contributed by atoms with Crippen LogP contribution in [0.25, 0.3) is 0 Å². The van der Waals surface area contributed by atoms with Crippen LogP contribution in [0.1, 0.15) is 42.5 Å². The van der Waals surface area contributed by atoms with Crippen LogP contribution < -0.4 is 10.6 Å². The van der Waals surface area contributed by atoms with Crippen LogP contribution in [0.2, 0.25) is 0 Å². The Morgan fingerprint density at radius 3 is 2.71 bits per heavy atom. The maximum absolute atomic E-state index is 12.5. The van der Waals surface area contributed by atoms with Crippen LogP contribution in [0, 0.1) is 0 Å². The molecule has 0 aliphatic carbocycles. The van der Waals surface area contributed by atoms with E-state index < -0.39 is 0 Å². The summed E-state index contributed by atoms with van der Waals surface area (Å²) in [6.45, 7) is 0. The predicted molar refractivity (Wildman–Crippen MR) is 83.5 cm³/mol. The Balaban J connectivity index is 1.68. The first-order valence-corrected chi connectivity index (χ1v) is 7.83. The number of nitrogens with one attached hydrogen (secondary N) is 2. The number of carbonyl (C=O) groups is 1. The van der Waals surface area contributed by atoms with Crippen LogP contribution in [0.5, 0.6) is 0 Å². The minimum absolute atomic E-state index is 0.0138. The maximum atomic E-state index is 12.5. The molecule has 1 amide bonds. The number of aromatic nitrogens is 1. The second-order valence-corrected chi connectivity index (χ2v) is 6.22. The number of nitrogens with zero attached hydrogens (tertiary/aromatic N) is 2. The largest absolute Gasteiger partial charge is 0.387 e. The third kappa shape index (κ3) is 2.88. The normalized spacial score (nSPS) is 29.0. The van der Waals surface area contributed by atoms with Gasteiger partial charge in [0.1, 0.15) is 0 Å². The molecule has 21 heavy (non-hydrogen) atoms. The van der Waals surface area contributed by atoms with Gasteiger partial charge in [-0.1, -0.05) is 6.42 Å². The molecule has 3 rings (SSSR count). The lowest BCUT2D eigenvalue weighted by molar-refractivity contribution is 0.0463. The highest BCUT2D eigenvalue weighted by Gasteiger charge is 2.36. The number of amides is 1. The maximum Gasteiger partial charge on any atom is 0.255 e. The molecule has 2 unspecified atom stereocenters. The second kappa shape index (κ2) is 6.02. The fourth-order valence-corrected chi connectivity index (χ4v) is 3.79. The van der Waals surface area contributed by atoms with Crippen LogP contribution in [0.3, 0.4) is 0 Å². The summed E-state index contributed by atoms with van der Waals surface area (Å²) in [5.74, 6) is -0.0138. The number of anilines is 1. The average Bonchev–Trinajstić information content (AvgIpc) is 2.48. The van der Waals surface area contributed by atoms with Crippen molar-refractivity contribution in [2.45, 2.75) is 50.2 Å². The monoisotopic (exact) mass is 288 g/mol. The van der Waals surface area contributed by atoms with Crippen molar-refractivity contribution < 1.29 is 4.79 Å². The van der Waals surface area contributed by atoms with Gasteiger partial charge in [0, 0.05) is 43.3 Å². The Morgan fingerprint density at radius 2 is 2.05 bits per heavy atom. The number of hydrogen-bond acceptors (Lipinski definition) is 4. The van der Waals surface area contributed by atoms with Gasteiger partial charge in [0.25, 0.3) is 5.91 Å². The summed E-state index contributed by atoms with van der Waals surface area (Å²) in [4.78, 5) is 19.1. The predicted octanol–water partition coefficient (Wildman–Crippen LogP) is 1.87. The number of fused-ring (bicyclic) bond motifs is 2. The summed E-state index contributed by atoms with van der Waals surface area (Å²) in [5, 5.41) is 6.27. The number of hydrogen-bond donors (Lipinski definition) is 2. The minimum atomic E-state index is -0.0138. The zero-order valence-electron chi connectivity index (χ0n) is 12.8. The van der Waals surface area contributed by atoms with Gasteiger partial charge in [-0.25, -0.2) is 0 Å². The number of carbonyl (C=O) groups excluding carboxylic acids is 1. The second-order valence-electron chi connectivity index (χ2n) is 6.22. The van der Waals surface area contributed by atoms with E-state index in [0.29, 0.717) is 17.6 Å². The van der Waals surface area contributed by atoms with Crippen molar-refractivity contribution in [2.24, 2.45) is 0 Å². The highest BCUT2D eigenvalue weighted by molar-refractivity contribution is 5.99. The molecule has 2 bridgehead atoms. The summed E-state index contributed by atoms with van der Waals surface area (Å²) in [6, 6.07) is 3.37. The zero-order chi connectivity index (χ0) is 14.8. The molecule has 0 aromatic carbocycles. The molecule has 1 aromatic heterocycles. The van der Waals surface area contributed by atoms with E-state index in [0.717, 1.165) is 18.5 Å². The highest BCUT2D eigenvalue weighted by atomic mass is 16.1. The van der Waals surface area contributed by atoms with Crippen LogP contribution in [0.4, 0.5) is 5.69 Å². The van der Waals surface area contributed by atoms with E-state index in [-0.39, 0.29) is 11.9 Å². The molecule has 2 saturated heterocycles. The Kier molecular flexibility index (Phi) is 4.10. The fourth-order valence-electron chi connectivity index (χ4n) is 3.79. The van der Waals surface area contributed by atoms with Crippen LogP contribution in [0.15, 0.2) is 18.5 Å². The van der Waals surface area contributed by atoms with Gasteiger partial charge in [-0.3, -0.25) is 9.78 Å². The van der Waals surface area contributed by atoms with E-state index in [1.807, 2.05) is 13.1 Å². The third-order valence-electron chi connectivity index (χ3n) is 5.01. The van der Waals surface area contributed by atoms with Crippen molar-refractivity contribution in [3.63, 3.8) is 0 Å². The highest BCUT2D eigenvalue weighted by Crippen LogP contribution is 2.32. The van der Waals surface area contributed by atoms with Gasteiger partial charge < -0.3 is 15.5 Å². The van der Waals surface area contributed by atoms with E-state index in [9.17, 15) is 4.79 Å². The topological polar surface area (TPSA) is 57.3 Å². The Morgan fingerprint density at radius 1 is 1.33 bits per heavy atom. The molecule has 5 heteroatoms. The summed E-state index contributed by atoms with van der Waals surface area (Å²) in [6.07, 6.45) is 9.30. The molecule has 1 aromatic rings. The lowest BCUT2D eigenvalue weighted by atomic mass is 9.82. The lowest BCUT2D eigenvalue weighted by Crippen LogP contribution is -2.55. The fraction of sp³-hybridized carbons (Fsp3) is 0.625.